The second kappa shape index (κ2) is 7.62. The molecule has 4 atom stereocenters. The number of benzene rings is 2. The average Bonchev–Trinajstić information content (AvgIpc) is 3.46. The molecule has 3 heterocycles. The first-order chi connectivity index (χ1) is 15.6. The van der Waals surface area contributed by atoms with Crippen LogP contribution >= 0.6 is 0 Å². The van der Waals surface area contributed by atoms with Crippen LogP contribution in [0.2, 0.25) is 0 Å². The van der Waals surface area contributed by atoms with Crippen molar-refractivity contribution in [3.8, 4) is 0 Å². The van der Waals surface area contributed by atoms with Gasteiger partial charge in [-0.25, -0.2) is 9.78 Å². The van der Waals surface area contributed by atoms with Gasteiger partial charge in [-0.2, -0.15) is 0 Å². The van der Waals surface area contributed by atoms with Crippen LogP contribution in [0.25, 0.3) is 11.0 Å². The van der Waals surface area contributed by atoms with Gasteiger partial charge >= 0.3 is 6.09 Å². The summed E-state index contributed by atoms with van der Waals surface area (Å²) in [4.78, 5) is 18.7. The Balaban J connectivity index is 1.49. The zero-order valence-corrected chi connectivity index (χ0v) is 18.5. The summed E-state index contributed by atoms with van der Waals surface area (Å²) < 4.78 is 2.50. The molecule has 6 nitrogen and oxygen atoms in total. The number of fused-ring (bicyclic) bond motifs is 4. The SMILES string of the molecule is C[C@H]1CCc2c(ccc3c2nc(Cc2ccccc2)n3C2C[C@H]3CNC[C@H]3C2)N1C(=O)O. The molecule has 1 amide bonds. The molecule has 2 N–H and O–H groups in total. The standard InChI is InChI=1S/C26H30N4O2/c1-16-7-8-21-22(29(16)26(31)32)9-10-23-25(21)28-24(11-17-5-3-2-4-6-17)30(23)20-12-18-14-27-15-19(18)13-20/h2-6,9-10,16,18-20,27H,7-8,11-15H2,1H3,(H,31,32)/t16-,18-,19+,20?/m0/s1. The van der Waals surface area contributed by atoms with Crippen molar-refractivity contribution < 1.29 is 9.90 Å². The van der Waals surface area contributed by atoms with E-state index in [1.807, 2.05) is 13.0 Å². The van der Waals surface area contributed by atoms with E-state index in [-0.39, 0.29) is 6.04 Å². The summed E-state index contributed by atoms with van der Waals surface area (Å²) in [6.45, 7) is 4.25. The Morgan fingerprint density at radius 1 is 1.12 bits per heavy atom. The van der Waals surface area contributed by atoms with Crippen molar-refractivity contribution in [1.29, 1.82) is 0 Å². The van der Waals surface area contributed by atoms with Gasteiger partial charge in [-0.15, -0.1) is 0 Å². The fourth-order valence-corrected chi connectivity index (χ4v) is 6.39. The summed E-state index contributed by atoms with van der Waals surface area (Å²) in [6.07, 6.45) is 4.02. The number of aromatic nitrogens is 2. The molecule has 3 aliphatic rings. The van der Waals surface area contributed by atoms with Gasteiger partial charge in [-0.05, 0) is 75.2 Å². The van der Waals surface area contributed by atoms with Gasteiger partial charge in [-0.3, -0.25) is 4.90 Å². The number of aryl methyl sites for hydroxylation is 1. The summed E-state index contributed by atoms with van der Waals surface area (Å²) in [5.41, 5.74) is 5.34. The number of amides is 1. The van der Waals surface area contributed by atoms with E-state index in [0.29, 0.717) is 6.04 Å². The topological polar surface area (TPSA) is 70.4 Å². The first kappa shape index (κ1) is 19.8. The maximum atomic E-state index is 12.0. The second-order valence-corrected chi connectivity index (χ2v) is 9.84. The number of hydrogen-bond acceptors (Lipinski definition) is 3. The minimum absolute atomic E-state index is 0.00923. The van der Waals surface area contributed by atoms with Crippen molar-refractivity contribution in [3.63, 3.8) is 0 Å². The number of hydrogen-bond donors (Lipinski definition) is 2. The van der Waals surface area contributed by atoms with E-state index in [0.717, 1.165) is 66.8 Å². The lowest BCUT2D eigenvalue weighted by atomic mass is 9.95. The lowest BCUT2D eigenvalue weighted by Crippen LogP contribution is -2.41. The molecule has 1 aromatic heterocycles. The van der Waals surface area contributed by atoms with Crippen LogP contribution in [0.1, 0.15) is 49.2 Å². The van der Waals surface area contributed by atoms with Crippen LogP contribution in [0.3, 0.4) is 0 Å². The fraction of sp³-hybridized carbons (Fsp3) is 0.462. The summed E-state index contributed by atoms with van der Waals surface area (Å²) in [6, 6.07) is 15.1. The zero-order chi connectivity index (χ0) is 21.8. The van der Waals surface area contributed by atoms with Crippen molar-refractivity contribution >= 4 is 22.8 Å². The van der Waals surface area contributed by atoms with Crippen molar-refractivity contribution in [2.75, 3.05) is 18.0 Å². The van der Waals surface area contributed by atoms with Crippen LogP contribution in [0.5, 0.6) is 0 Å². The van der Waals surface area contributed by atoms with Crippen LogP contribution in [-0.2, 0) is 12.8 Å². The number of imidazole rings is 1. The van der Waals surface area contributed by atoms with Gasteiger partial charge in [0, 0.05) is 24.1 Å². The minimum Gasteiger partial charge on any atom is -0.465 e. The quantitative estimate of drug-likeness (QED) is 0.636. The highest BCUT2D eigenvalue weighted by Gasteiger charge is 2.39. The van der Waals surface area contributed by atoms with E-state index in [2.05, 4.69) is 46.3 Å². The van der Waals surface area contributed by atoms with Crippen LogP contribution < -0.4 is 10.2 Å². The monoisotopic (exact) mass is 430 g/mol. The Bertz CT molecular complexity index is 1160. The van der Waals surface area contributed by atoms with Gasteiger partial charge in [0.25, 0.3) is 0 Å². The summed E-state index contributed by atoms with van der Waals surface area (Å²) in [5, 5.41) is 13.4. The van der Waals surface area contributed by atoms with E-state index in [4.69, 9.17) is 4.98 Å². The Morgan fingerprint density at radius 2 is 1.88 bits per heavy atom. The third-order valence-corrected chi connectivity index (χ3v) is 7.93. The summed E-state index contributed by atoms with van der Waals surface area (Å²) in [7, 11) is 0. The molecule has 6 heteroatoms. The maximum Gasteiger partial charge on any atom is 0.412 e. The highest BCUT2D eigenvalue weighted by molar-refractivity contribution is 5.94. The largest absolute Gasteiger partial charge is 0.465 e. The zero-order valence-electron chi connectivity index (χ0n) is 18.5. The third kappa shape index (κ3) is 3.12. The Morgan fingerprint density at radius 3 is 2.59 bits per heavy atom. The molecule has 2 fully saturated rings. The third-order valence-electron chi connectivity index (χ3n) is 7.93. The highest BCUT2D eigenvalue weighted by atomic mass is 16.4. The van der Waals surface area contributed by atoms with Crippen LogP contribution in [0.15, 0.2) is 42.5 Å². The smallest absolute Gasteiger partial charge is 0.412 e. The average molecular weight is 431 g/mol. The molecule has 1 aliphatic carbocycles. The summed E-state index contributed by atoms with van der Waals surface area (Å²) in [5.74, 6) is 2.61. The number of carboxylic acid groups (broad SMARTS) is 1. The molecule has 1 saturated carbocycles. The van der Waals surface area contributed by atoms with Crippen LogP contribution in [0.4, 0.5) is 10.5 Å². The molecule has 2 aromatic carbocycles. The number of nitrogens with zero attached hydrogens (tertiary/aromatic N) is 3. The Hall–Kier alpha value is -2.86. The Kier molecular flexibility index (Phi) is 4.72. The number of rotatable bonds is 3. The minimum atomic E-state index is -0.877. The predicted molar refractivity (Wildman–Crippen MR) is 125 cm³/mol. The first-order valence-corrected chi connectivity index (χ1v) is 11.9. The van der Waals surface area contributed by atoms with Gasteiger partial charge in [0.05, 0.1) is 16.7 Å². The molecule has 3 aromatic rings. The predicted octanol–water partition coefficient (Wildman–Crippen LogP) is 4.62. The van der Waals surface area contributed by atoms with Crippen LogP contribution in [-0.4, -0.2) is 39.9 Å². The molecule has 0 bridgehead atoms. The van der Waals surface area contributed by atoms with E-state index in [1.54, 1.807) is 0 Å². The highest BCUT2D eigenvalue weighted by Crippen LogP contribution is 2.44. The number of nitrogens with one attached hydrogen (secondary N) is 1. The molecular formula is C26H30N4O2. The van der Waals surface area contributed by atoms with Crippen molar-refractivity contribution in [2.45, 2.75) is 51.1 Å². The molecule has 1 unspecified atom stereocenters. The van der Waals surface area contributed by atoms with Crippen molar-refractivity contribution in [3.05, 3.63) is 59.4 Å². The summed E-state index contributed by atoms with van der Waals surface area (Å²) >= 11 is 0. The molecular weight excluding hydrogens is 400 g/mol. The van der Waals surface area contributed by atoms with Crippen LogP contribution in [0, 0.1) is 11.8 Å². The first-order valence-electron chi connectivity index (χ1n) is 11.9. The van der Waals surface area contributed by atoms with Gasteiger partial charge in [0.2, 0.25) is 0 Å². The molecule has 1 saturated heterocycles. The maximum absolute atomic E-state index is 12.0. The van der Waals surface area contributed by atoms with Gasteiger partial charge in [0.1, 0.15) is 5.82 Å². The molecule has 0 radical (unpaired) electrons. The normalized spacial score (nSPS) is 27.0. The van der Waals surface area contributed by atoms with Crippen molar-refractivity contribution in [1.82, 2.24) is 14.9 Å². The van der Waals surface area contributed by atoms with Gasteiger partial charge in [0.15, 0.2) is 0 Å². The second-order valence-electron chi connectivity index (χ2n) is 9.84. The number of anilines is 1. The molecule has 6 rings (SSSR count). The lowest BCUT2D eigenvalue weighted by molar-refractivity contribution is 0.198. The fourth-order valence-electron chi connectivity index (χ4n) is 6.39. The van der Waals surface area contributed by atoms with Gasteiger partial charge in [-0.1, -0.05) is 30.3 Å². The van der Waals surface area contributed by atoms with E-state index in [1.165, 1.54) is 28.8 Å². The van der Waals surface area contributed by atoms with Crippen molar-refractivity contribution in [2.24, 2.45) is 11.8 Å². The van der Waals surface area contributed by atoms with E-state index in [9.17, 15) is 9.90 Å². The van der Waals surface area contributed by atoms with E-state index < -0.39 is 6.09 Å². The van der Waals surface area contributed by atoms with Gasteiger partial charge < -0.3 is 15.0 Å². The lowest BCUT2D eigenvalue weighted by Gasteiger charge is -2.33. The molecule has 166 valence electrons. The molecule has 0 spiro atoms. The molecule has 32 heavy (non-hydrogen) atoms. The molecule has 2 aliphatic heterocycles. The van der Waals surface area contributed by atoms with E-state index >= 15 is 0 Å². The number of carbonyl (C=O) groups is 1. The Labute approximate surface area is 188 Å².